The topological polar surface area (TPSA) is 39.7 Å². The molecule has 1 saturated heterocycles. The zero-order valence-corrected chi connectivity index (χ0v) is 18.1. The second-order valence-corrected chi connectivity index (χ2v) is 7.50. The van der Waals surface area contributed by atoms with E-state index in [0.717, 1.165) is 12.5 Å². The molecule has 1 aromatic carbocycles. The maximum atomic E-state index is 4.36. The highest BCUT2D eigenvalue weighted by Crippen LogP contribution is 2.24. The highest BCUT2D eigenvalue weighted by atomic mass is 127. The van der Waals surface area contributed by atoms with Gasteiger partial charge in [0.15, 0.2) is 5.96 Å². The van der Waals surface area contributed by atoms with Gasteiger partial charge in [-0.3, -0.25) is 9.89 Å². The summed E-state index contributed by atoms with van der Waals surface area (Å²) < 4.78 is 0. The number of likely N-dealkylation sites (tertiary alicyclic amines) is 1. The summed E-state index contributed by atoms with van der Waals surface area (Å²) in [5, 5.41) is 6.95. The summed E-state index contributed by atoms with van der Waals surface area (Å²) in [4.78, 5) is 6.94. The molecule has 5 heteroatoms. The number of rotatable bonds is 4. The first-order valence-electron chi connectivity index (χ1n) is 8.68. The SMILES string of the molecule is CN=C(NCC(c1ccc(C)cc1)N1CCCC1)NC(C)(C)C.I. The number of aryl methyl sites for hydroxylation is 1. The van der Waals surface area contributed by atoms with E-state index in [1.54, 1.807) is 0 Å². The smallest absolute Gasteiger partial charge is 0.191 e. The van der Waals surface area contributed by atoms with E-state index in [0.29, 0.717) is 6.04 Å². The third kappa shape index (κ3) is 6.59. The first kappa shape index (κ1) is 21.2. The monoisotopic (exact) mass is 444 g/mol. The van der Waals surface area contributed by atoms with E-state index in [-0.39, 0.29) is 29.5 Å². The first-order chi connectivity index (χ1) is 10.9. The van der Waals surface area contributed by atoms with Crippen LogP contribution in [0.1, 0.15) is 50.8 Å². The lowest BCUT2D eigenvalue weighted by atomic mass is 10.0. The predicted octanol–water partition coefficient (Wildman–Crippen LogP) is 3.71. The lowest BCUT2D eigenvalue weighted by Gasteiger charge is -2.30. The van der Waals surface area contributed by atoms with Crippen molar-refractivity contribution in [2.75, 3.05) is 26.7 Å². The minimum atomic E-state index is 0. The van der Waals surface area contributed by atoms with Crippen molar-refractivity contribution in [1.29, 1.82) is 0 Å². The van der Waals surface area contributed by atoms with Gasteiger partial charge < -0.3 is 10.6 Å². The van der Waals surface area contributed by atoms with Crippen LogP contribution < -0.4 is 10.6 Å². The molecular formula is C19H33IN4. The van der Waals surface area contributed by atoms with E-state index in [9.17, 15) is 0 Å². The molecule has 0 aromatic heterocycles. The fourth-order valence-electron chi connectivity index (χ4n) is 3.03. The Morgan fingerprint density at radius 1 is 1.17 bits per heavy atom. The summed E-state index contributed by atoms with van der Waals surface area (Å²) in [6, 6.07) is 9.35. The first-order valence-corrected chi connectivity index (χ1v) is 8.68. The summed E-state index contributed by atoms with van der Waals surface area (Å²) in [6.07, 6.45) is 2.61. The van der Waals surface area contributed by atoms with Gasteiger partial charge in [0.1, 0.15) is 0 Å². The van der Waals surface area contributed by atoms with Gasteiger partial charge in [-0.1, -0.05) is 29.8 Å². The van der Waals surface area contributed by atoms with Gasteiger partial charge >= 0.3 is 0 Å². The van der Waals surface area contributed by atoms with Crippen molar-refractivity contribution < 1.29 is 0 Å². The van der Waals surface area contributed by atoms with Crippen LogP contribution in [0.15, 0.2) is 29.3 Å². The molecule has 2 N–H and O–H groups in total. The van der Waals surface area contributed by atoms with Gasteiger partial charge in [0.25, 0.3) is 0 Å². The number of nitrogens with zero attached hydrogens (tertiary/aromatic N) is 2. The van der Waals surface area contributed by atoms with Gasteiger partial charge in [-0.15, -0.1) is 24.0 Å². The van der Waals surface area contributed by atoms with Crippen molar-refractivity contribution in [3.8, 4) is 0 Å². The Bertz CT molecular complexity index is 513. The Morgan fingerprint density at radius 2 is 1.75 bits per heavy atom. The van der Waals surface area contributed by atoms with Crippen LogP contribution in [0.5, 0.6) is 0 Å². The third-order valence-electron chi connectivity index (χ3n) is 4.22. The summed E-state index contributed by atoms with van der Waals surface area (Å²) in [7, 11) is 1.83. The van der Waals surface area contributed by atoms with Gasteiger partial charge in [0.05, 0.1) is 6.04 Å². The van der Waals surface area contributed by atoms with Gasteiger partial charge in [-0.2, -0.15) is 0 Å². The molecule has 1 aromatic rings. The van der Waals surface area contributed by atoms with E-state index in [2.05, 4.69) is 72.5 Å². The van der Waals surface area contributed by atoms with Gasteiger partial charge in [-0.05, 0) is 59.2 Å². The minimum absolute atomic E-state index is 0. The molecule has 4 nitrogen and oxygen atoms in total. The Labute approximate surface area is 164 Å². The quantitative estimate of drug-likeness (QED) is 0.423. The maximum Gasteiger partial charge on any atom is 0.191 e. The summed E-state index contributed by atoms with van der Waals surface area (Å²) in [6.45, 7) is 11.8. The molecule has 1 aliphatic rings. The number of guanidine groups is 1. The van der Waals surface area contributed by atoms with Crippen LogP contribution in [0.3, 0.4) is 0 Å². The lowest BCUT2D eigenvalue weighted by Crippen LogP contribution is -2.49. The highest BCUT2D eigenvalue weighted by molar-refractivity contribution is 14.0. The lowest BCUT2D eigenvalue weighted by molar-refractivity contribution is 0.245. The standard InChI is InChI=1S/C19H32N4.HI/c1-15-8-10-16(11-9-15)17(23-12-6-7-13-23)14-21-18(20-5)22-19(2,3)4;/h8-11,17H,6-7,12-14H2,1-5H3,(H2,20,21,22);1H. The van der Waals surface area contributed by atoms with Crippen molar-refractivity contribution in [2.24, 2.45) is 4.99 Å². The molecule has 1 fully saturated rings. The van der Waals surface area contributed by atoms with Crippen molar-refractivity contribution in [3.05, 3.63) is 35.4 Å². The molecular weight excluding hydrogens is 411 g/mol. The average molecular weight is 444 g/mol. The molecule has 136 valence electrons. The molecule has 0 bridgehead atoms. The van der Waals surface area contributed by atoms with E-state index in [1.165, 1.54) is 37.1 Å². The maximum absolute atomic E-state index is 4.36. The molecule has 2 rings (SSSR count). The number of aliphatic imine (C=N–C) groups is 1. The van der Waals surface area contributed by atoms with Crippen LogP contribution in [0.4, 0.5) is 0 Å². The molecule has 0 aliphatic carbocycles. The second-order valence-electron chi connectivity index (χ2n) is 7.50. The van der Waals surface area contributed by atoms with E-state index in [4.69, 9.17) is 0 Å². The number of halogens is 1. The highest BCUT2D eigenvalue weighted by Gasteiger charge is 2.24. The largest absolute Gasteiger partial charge is 0.354 e. The van der Waals surface area contributed by atoms with Crippen LogP contribution in [0, 0.1) is 6.92 Å². The normalized spacial score (nSPS) is 17.3. The average Bonchev–Trinajstić information content (AvgIpc) is 3.01. The second kappa shape index (κ2) is 9.61. The fourth-order valence-corrected chi connectivity index (χ4v) is 3.03. The van der Waals surface area contributed by atoms with E-state index >= 15 is 0 Å². The molecule has 24 heavy (non-hydrogen) atoms. The van der Waals surface area contributed by atoms with Crippen LogP contribution in [0.25, 0.3) is 0 Å². The van der Waals surface area contributed by atoms with Crippen LogP contribution in [-0.4, -0.2) is 43.1 Å². The Hall–Kier alpha value is -0.820. The molecule has 1 atom stereocenters. The molecule has 1 aliphatic heterocycles. The zero-order chi connectivity index (χ0) is 16.9. The molecule has 0 saturated carbocycles. The van der Waals surface area contributed by atoms with E-state index in [1.807, 2.05) is 7.05 Å². The van der Waals surface area contributed by atoms with Gasteiger partial charge in [0.2, 0.25) is 0 Å². The predicted molar refractivity (Wildman–Crippen MR) is 114 cm³/mol. The van der Waals surface area contributed by atoms with Crippen molar-refractivity contribution in [1.82, 2.24) is 15.5 Å². The molecule has 1 heterocycles. The number of benzene rings is 1. The fraction of sp³-hybridized carbons (Fsp3) is 0.632. The van der Waals surface area contributed by atoms with Crippen LogP contribution in [0.2, 0.25) is 0 Å². The molecule has 0 radical (unpaired) electrons. The van der Waals surface area contributed by atoms with Gasteiger partial charge in [0, 0.05) is 19.1 Å². The molecule has 1 unspecified atom stereocenters. The van der Waals surface area contributed by atoms with Crippen molar-refractivity contribution >= 4 is 29.9 Å². The molecule has 0 spiro atoms. The molecule has 0 amide bonds. The zero-order valence-electron chi connectivity index (χ0n) is 15.7. The van der Waals surface area contributed by atoms with Crippen LogP contribution in [-0.2, 0) is 0 Å². The van der Waals surface area contributed by atoms with Crippen molar-refractivity contribution in [2.45, 2.75) is 52.1 Å². The van der Waals surface area contributed by atoms with E-state index < -0.39 is 0 Å². The van der Waals surface area contributed by atoms with Gasteiger partial charge in [-0.25, -0.2) is 0 Å². The third-order valence-corrected chi connectivity index (χ3v) is 4.22. The Kier molecular flexibility index (Phi) is 8.50. The number of hydrogen-bond donors (Lipinski definition) is 2. The summed E-state index contributed by atoms with van der Waals surface area (Å²) in [5.41, 5.74) is 2.71. The Balaban J connectivity index is 0.00000288. The number of nitrogens with one attached hydrogen (secondary N) is 2. The minimum Gasteiger partial charge on any atom is -0.354 e. The summed E-state index contributed by atoms with van der Waals surface area (Å²) >= 11 is 0. The number of hydrogen-bond acceptors (Lipinski definition) is 2. The Morgan fingerprint density at radius 3 is 2.25 bits per heavy atom. The van der Waals surface area contributed by atoms with Crippen molar-refractivity contribution in [3.63, 3.8) is 0 Å². The van der Waals surface area contributed by atoms with Crippen LogP contribution >= 0.6 is 24.0 Å². The summed E-state index contributed by atoms with van der Waals surface area (Å²) in [5.74, 6) is 0.869.